The molecule has 0 atom stereocenters. The summed E-state index contributed by atoms with van der Waals surface area (Å²) in [5.41, 5.74) is 2.39. The van der Waals surface area contributed by atoms with E-state index in [1.54, 1.807) is 0 Å². The van der Waals surface area contributed by atoms with Gasteiger partial charge in [-0.05, 0) is 52.7 Å². The van der Waals surface area contributed by atoms with Crippen LogP contribution in [0.15, 0.2) is 47.1 Å². The molecular weight excluding hydrogens is 264 g/mol. The first-order valence-corrected chi connectivity index (χ1v) is 5.89. The van der Waals surface area contributed by atoms with E-state index in [4.69, 9.17) is 0 Å². The van der Waals surface area contributed by atoms with Crippen molar-refractivity contribution in [2.24, 2.45) is 0 Å². The molecule has 82 valence electrons. The molecule has 0 radical (unpaired) electrons. The molecule has 0 amide bonds. The fourth-order valence-corrected chi connectivity index (χ4v) is 1.89. The molecule has 2 rings (SSSR count). The lowest BCUT2D eigenvalue weighted by Crippen LogP contribution is -2.11. The van der Waals surface area contributed by atoms with Crippen molar-refractivity contribution in [2.45, 2.75) is 6.92 Å². The van der Waals surface area contributed by atoms with E-state index in [1.165, 1.54) is 5.56 Å². The van der Waals surface area contributed by atoms with Crippen molar-refractivity contribution in [3.8, 4) is 0 Å². The van der Waals surface area contributed by atoms with Crippen LogP contribution in [0.3, 0.4) is 0 Å². The van der Waals surface area contributed by atoms with E-state index in [0.717, 1.165) is 16.1 Å². The van der Waals surface area contributed by atoms with Crippen molar-refractivity contribution in [3.63, 3.8) is 0 Å². The second-order valence-corrected chi connectivity index (χ2v) is 4.53. The minimum atomic E-state index is 0.851. The smallest absolute Gasteiger partial charge is 0.134 e. The lowest BCUT2D eigenvalue weighted by Gasteiger charge is -2.18. The van der Waals surface area contributed by atoms with Crippen LogP contribution in [0.5, 0.6) is 0 Å². The van der Waals surface area contributed by atoms with Crippen LogP contribution in [0.25, 0.3) is 0 Å². The predicted molar refractivity (Wildman–Crippen MR) is 71.2 cm³/mol. The van der Waals surface area contributed by atoms with E-state index in [1.807, 2.05) is 25.2 Å². The molecule has 0 unspecified atom stereocenters. The maximum absolute atomic E-state index is 4.42. The van der Waals surface area contributed by atoms with Crippen LogP contribution in [-0.4, -0.2) is 12.0 Å². The molecule has 0 saturated heterocycles. The summed E-state index contributed by atoms with van der Waals surface area (Å²) in [6.45, 7) is 2.09. The van der Waals surface area contributed by atoms with Crippen molar-refractivity contribution in [1.82, 2.24) is 4.98 Å². The van der Waals surface area contributed by atoms with Gasteiger partial charge in [0.1, 0.15) is 10.4 Å². The average molecular weight is 277 g/mol. The number of aromatic nitrogens is 1. The molecule has 0 bridgehead atoms. The summed E-state index contributed by atoms with van der Waals surface area (Å²) in [4.78, 5) is 6.49. The Kier molecular flexibility index (Phi) is 3.25. The Morgan fingerprint density at radius 1 is 1.12 bits per heavy atom. The van der Waals surface area contributed by atoms with Gasteiger partial charge in [0.15, 0.2) is 0 Å². The molecule has 16 heavy (non-hydrogen) atoms. The highest BCUT2D eigenvalue weighted by atomic mass is 79.9. The first kappa shape index (κ1) is 11.1. The Balaban J connectivity index is 2.35. The summed E-state index contributed by atoms with van der Waals surface area (Å²) < 4.78 is 0.851. The van der Waals surface area contributed by atoms with Gasteiger partial charge >= 0.3 is 0 Å². The topological polar surface area (TPSA) is 16.1 Å². The molecule has 0 aliphatic heterocycles. The summed E-state index contributed by atoms with van der Waals surface area (Å²) in [6, 6.07) is 14.3. The van der Waals surface area contributed by atoms with Crippen molar-refractivity contribution in [2.75, 3.05) is 11.9 Å². The van der Waals surface area contributed by atoms with Gasteiger partial charge in [0.05, 0.1) is 0 Å². The molecule has 0 spiro atoms. The zero-order valence-corrected chi connectivity index (χ0v) is 10.9. The maximum atomic E-state index is 4.42. The molecule has 1 aromatic carbocycles. The van der Waals surface area contributed by atoms with E-state index in [9.17, 15) is 0 Å². The van der Waals surface area contributed by atoms with E-state index < -0.39 is 0 Å². The highest BCUT2D eigenvalue weighted by Gasteiger charge is 2.05. The molecule has 2 aromatic rings. The van der Waals surface area contributed by atoms with Gasteiger partial charge < -0.3 is 4.90 Å². The van der Waals surface area contributed by atoms with Crippen molar-refractivity contribution >= 4 is 27.4 Å². The van der Waals surface area contributed by atoms with Crippen LogP contribution in [0, 0.1) is 6.92 Å². The van der Waals surface area contributed by atoms with Crippen molar-refractivity contribution in [1.29, 1.82) is 0 Å². The molecule has 0 saturated carbocycles. The van der Waals surface area contributed by atoms with Gasteiger partial charge in [0, 0.05) is 12.7 Å². The summed E-state index contributed by atoms with van der Waals surface area (Å²) >= 11 is 3.38. The van der Waals surface area contributed by atoms with E-state index in [0.29, 0.717) is 0 Å². The number of benzene rings is 1. The van der Waals surface area contributed by atoms with E-state index in [-0.39, 0.29) is 0 Å². The van der Waals surface area contributed by atoms with Crippen LogP contribution in [0.1, 0.15) is 5.56 Å². The Morgan fingerprint density at radius 3 is 2.56 bits per heavy atom. The van der Waals surface area contributed by atoms with Crippen LogP contribution >= 0.6 is 15.9 Å². The summed E-state index contributed by atoms with van der Waals surface area (Å²) in [5, 5.41) is 0. The quantitative estimate of drug-likeness (QED) is 0.773. The number of anilines is 2. The van der Waals surface area contributed by atoms with Crippen LogP contribution in [0.2, 0.25) is 0 Å². The summed E-state index contributed by atoms with van der Waals surface area (Å²) in [5.74, 6) is 0.931. The number of nitrogens with zero attached hydrogens (tertiary/aromatic N) is 2. The van der Waals surface area contributed by atoms with E-state index in [2.05, 4.69) is 57.0 Å². The third-order valence-electron chi connectivity index (χ3n) is 2.43. The first-order valence-electron chi connectivity index (χ1n) is 5.10. The van der Waals surface area contributed by atoms with Crippen molar-refractivity contribution in [3.05, 3.63) is 52.6 Å². The van der Waals surface area contributed by atoms with Gasteiger partial charge in [-0.2, -0.15) is 0 Å². The second-order valence-electron chi connectivity index (χ2n) is 3.72. The number of hydrogen-bond acceptors (Lipinski definition) is 2. The monoisotopic (exact) mass is 276 g/mol. The number of aryl methyl sites for hydroxylation is 1. The standard InChI is InChI=1S/C13H13BrN2/c1-10-5-3-6-11(9-10)16(2)13-8-4-7-12(14)15-13/h3-9H,1-2H3. The Hall–Kier alpha value is -1.35. The van der Waals surface area contributed by atoms with Crippen molar-refractivity contribution < 1.29 is 0 Å². The average Bonchev–Trinajstić information content (AvgIpc) is 2.28. The van der Waals surface area contributed by atoms with Crippen LogP contribution < -0.4 is 4.90 Å². The predicted octanol–water partition coefficient (Wildman–Crippen LogP) is 3.92. The minimum absolute atomic E-state index is 0.851. The largest absolute Gasteiger partial charge is 0.329 e. The molecule has 0 aliphatic carbocycles. The van der Waals surface area contributed by atoms with Gasteiger partial charge in [0.2, 0.25) is 0 Å². The van der Waals surface area contributed by atoms with Crippen LogP contribution in [-0.2, 0) is 0 Å². The number of halogens is 1. The molecule has 2 nitrogen and oxygen atoms in total. The third kappa shape index (κ3) is 2.42. The third-order valence-corrected chi connectivity index (χ3v) is 2.87. The van der Waals surface area contributed by atoms with Crippen LogP contribution in [0.4, 0.5) is 11.5 Å². The summed E-state index contributed by atoms with van der Waals surface area (Å²) in [6.07, 6.45) is 0. The highest BCUT2D eigenvalue weighted by molar-refractivity contribution is 9.10. The number of rotatable bonds is 2. The Morgan fingerprint density at radius 2 is 1.88 bits per heavy atom. The fraction of sp³-hybridized carbons (Fsp3) is 0.154. The second kappa shape index (κ2) is 4.66. The van der Waals surface area contributed by atoms with Gasteiger partial charge in [-0.3, -0.25) is 0 Å². The Bertz CT molecular complexity index is 451. The fourth-order valence-electron chi connectivity index (χ4n) is 1.55. The zero-order valence-electron chi connectivity index (χ0n) is 9.31. The molecule has 0 N–H and O–H groups in total. The Labute approximate surface area is 104 Å². The molecule has 1 aromatic heterocycles. The van der Waals surface area contributed by atoms with Gasteiger partial charge in [0.25, 0.3) is 0 Å². The molecule has 0 aliphatic rings. The van der Waals surface area contributed by atoms with E-state index >= 15 is 0 Å². The minimum Gasteiger partial charge on any atom is -0.329 e. The summed E-state index contributed by atoms with van der Waals surface area (Å²) in [7, 11) is 2.02. The molecule has 3 heteroatoms. The SMILES string of the molecule is Cc1cccc(N(C)c2cccc(Br)n2)c1. The van der Waals surface area contributed by atoms with Gasteiger partial charge in [-0.25, -0.2) is 4.98 Å². The number of pyridine rings is 1. The lowest BCUT2D eigenvalue weighted by molar-refractivity contribution is 1.11. The maximum Gasteiger partial charge on any atom is 0.134 e. The van der Waals surface area contributed by atoms with Gasteiger partial charge in [-0.1, -0.05) is 18.2 Å². The normalized spacial score (nSPS) is 10.2. The highest BCUT2D eigenvalue weighted by Crippen LogP contribution is 2.23. The number of hydrogen-bond donors (Lipinski definition) is 0. The molecule has 1 heterocycles. The molecular formula is C13H13BrN2. The zero-order chi connectivity index (χ0) is 11.5. The first-order chi connectivity index (χ1) is 7.66. The van der Waals surface area contributed by atoms with Gasteiger partial charge in [-0.15, -0.1) is 0 Å². The molecule has 0 fully saturated rings. The lowest BCUT2D eigenvalue weighted by atomic mass is 10.2.